The molecule has 1 spiro atoms. The summed E-state index contributed by atoms with van der Waals surface area (Å²) >= 11 is 7.87. The Morgan fingerprint density at radius 1 is 1.35 bits per heavy atom. The van der Waals surface area contributed by atoms with Crippen LogP contribution in [0.1, 0.15) is 26.7 Å². The third-order valence-electron chi connectivity index (χ3n) is 7.19. The van der Waals surface area contributed by atoms with E-state index in [1.54, 1.807) is 48.0 Å². The number of rotatable bonds is 6. The van der Waals surface area contributed by atoms with Crippen molar-refractivity contribution in [3.8, 4) is 0 Å². The van der Waals surface area contributed by atoms with Gasteiger partial charge in [-0.15, -0.1) is 11.8 Å². The van der Waals surface area contributed by atoms with Crippen LogP contribution in [-0.2, 0) is 14.4 Å². The molecule has 31 heavy (non-hydrogen) atoms. The summed E-state index contributed by atoms with van der Waals surface area (Å²) in [5.41, 5.74) is 0.478. The summed E-state index contributed by atoms with van der Waals surface area (Å²) in [6.45, 7) is 3.70. The van der Waals surface area contributed by atoms with Crippen LogP contribution in [0.2, 0.25) is 5.02 Å². The molecule has 9 heteroatoms. The maximum atomic E-state index is 13.8. The second kappa shape index (κ2) is 8.30. The molecule has 7 atom stereocenters. The van der Waals surface area contributed by atoms with E-state index in [1.165, 1.54) is 0 Å². The number of halogens is 1. The Labute approximate surface area is 191 Å². The zero-order chi connectivity index (χ0) is 22.5. The van der Waals surface area contributed by atoms with Crippen molar-refractivity contribution in [3.05, 3.63) is 29.3 Å². The predicted molar refractivity (Wildman–Crippen MR) is 121 cm³/mol. The number of nitrogens with zero attached hydrogens (tertiary/aromatic N) is 1. The average Bonchev–Trinajstić information content (AvgIpc) is 3.34. The fourth-order valence-electron chi connectivity index (χ4n) is 5.80. The van der Waals surface area contributed by atoms with Crippen molar-refractivity contribution in [2.24, 2.45) is 17.8 Å². The number of thioether (sulfide) groups is 1. The highest BCUT2D eigenvalue weighted by Gasteiger charge is 2.76. The summed E-state index contributed by atoms with van der Waals surface area (Å²) in [7, 11) is 1.58. The fraction of sp³-hybridized carbons (Fsp3) is 0.591. The Kier molecular flexibility index (Phi) is 6.00. The first kappa shape index (κ1) is 22.4. The van der Waals surface area contributed by atoms with E-state index in [4.69, 9.17) is 11.6 Å². The minimum absolute atomic E-state index is 0.00383. The quantitative estimate of drug-likeness (QED) is 0.597. The summed E-state index contributed by atoms with van der Waals surface area (Å²) in [5, 5.41) is 16.1. The van der Waals surface area contributed by atoms with E-state index in [-0.39, 0.29) is 35.5 Å². The van der Waals surface area contributed by atoms with Crippen LogP contribution in [0.25, 0.3) is 0 Å². The molecule has 0 saturated carbocycles. The van der Waals surface area contributed by atoms with Crippen LogP contribution in [0.15, 0.2) is 24.3 Å². The van der Waals surface area contributed by atoms with E-state index in [2.05, 4.69) is 17.6 Å². The molecule has 3 saturated heterocycles. The van der Waals surface area contributed by atoms with Crippen LogP contribution in [0.3, 0.4) is 0 Å². The molecule has 1 aromatic rings. The van der Waals surface area contributed by atoms with E-state index in [0.29, 0.717) is 17.1 Å². The van der Waals surface area contributed by atoms with Crippen molar-refractivity contribution in [1.29, 1.82) is 0 Å². The van der Waals surface area contributed by atoms with E-state index in [1.807, 2.05) is 6.92 Å². The Morgan fingerprint density at radius 3 is 2.68 bits per heavy atom. The number of likely N-dealkylation sites (tertiary alicyclic amines) is 1. The lowest BCUT2D eigenvalue weighted by atomic mass is 9.66. The second-order valence-corrected chi connectivity index (χ2v) is 10.6. The lowest BCUT2D eigenvalue weighted by molar-refractivity contribution is -0.142. The summed E-state index contributed by atoms with van der Waals surface area (Å²) in [5.74, 6) is -1.69. The fourth-order valence-corrected chi connectivity index (χ4v) is 8.39. The average molecular weight is 466 g/mol. The van der Waals surface area contributed by atoms with E-state index in [0.717, 1.165) is 6.42 Å². The highest BCUT2D eigenvalue weighted by Crippen LogP contribution is 2.68. The molecule has 3 aliphatic rings. The molecule has 1 aromatic carbocycles. The second-order valence-electron chi connectivity index (χ2n) is 8.63. The normalized spacial score (nSPS) is 34.5. The van der Waals surface area contributed by atoms with Gasteiger partial charge >= 0.3 is 0 Å². The Balaban J connectivity index is 1.80. The highest BCUT2D eigenvalue weighted by atomic mass is 35.5. The number of carbonyl (C=O) groups is 3. The molecule has 3 aliphatic heterocycles. The Morgan fingerprint density at radius 2 is 2.06 bits per heavy atom. The molecule has 3 amide bonds. The summed E-state index contributed by atoms with van der Waals surface area (Å²) in [4.78, 5) is 41.8. The van der Waals surface area contributed by atoms with Crippen molar-refractivity contribution in [2.45, 2.75) is 48.8 Å². The van der Waals surface area contributed by atoms with Crippen molar-refractivity contribution in [3.63, 3.8) is 0 Å². The van der Waals surface area contributed by atoms with Gasteiger partial charge < -0.3 is 20.6 Å². The molecular weight excluding hydrogens is 438 g/mol. The number of fused-ring (bicyclic) bond motifs is 1. The molecule has 0 aliphatic carbocycles. The zero-order valence-electron chi connectivity index (χ0n) is 17.8. The number of hydrogen-bond acceptors (Lipinski definition) is 5. The van der Waals surface area contributed by atoms with Gasteiger partial charge in [0.1, 0.15) is 6.04 Å². The molecular formula is C22H28ClN3O4S. The van der Waals surface area contributed by atoms with Gasteiger partial charge in [-0.05, 0) is 30.9 Å². The molecule has 0 aromatic heterocycles. The van der Waals surface area contributed by atoms with Crippen molar-refractivity contribution in [1.82, 2.24) is 10.2 Å². The molecule has 7 nitrogen and oxygen atoms in total. The molecule has 3 heterocycles. The van der Waals surface area contributed by atoms with Crippen LogP contribution in [0.4, 0.5) is 5.69 Å². The molecule has 2 bridgehead atoms. The van der Waals surface area contributed by atoms with Gasteiger partial charge in [0.15, 0.2) is 0 Å². The van der Waals surface area contributed by atoms with Crippen LogP contribution < -0.4 is 10.6 Å². The van der Waals surface area contributed by atoms with Crippen molar-refractivity contribution < 1.29 is 19.5 Å². The Bertz CT molecular complexity index is 910. The van der Waals surface area contributed by atoms with Gasteiger partial charge in [-0.25, -0.2) is 0 Å². The predicted octanol–water partition coefficient (Wildman–Crippen LogP) is 2.13. The number of benzene rings is 1. The zero-order valence-corrected chi connectivity index (χ0v) is 19.4. The summed E-state index contributed by atoms with van der Waals surface area (Å²) < 4.78 is -0.715. The Hall–Kier alpha value is -1.77. The SMILES string of the molecule is CC[C@@H](CO)N1C(=O)[C@@H]2[C@@H](C(=O)NC)[C@H]3CC(C)C2(S3)C1C(=O)Nc1ccccc1Cl. The lowest BCUT2D eigenvalue weighted by Crippen LogP contribution is -2.57. The smallest absolute Gasteiger partial charge is 0.248 e. The first-order valence-electron chi connectivity index (χ1n) is 10.7. The first-order chi connectivity index (χ1) is 14.8. The van der Waals surface area contributed by atoms with Gasteiger partial charge in [-0.2, -0.15) is 0 Å². The molecule has 4 rings (SSSR count). The number of nitrogens with one attached hydrogen (secondary N) is 2. The maximum absolute atomic E-state index is 13.8. The maximum Gasteiger partial charge on any atom is 0.248 e. The van der Waals surface area contributed by atoms with Crippen molar-refractivity contribution in [2.75, 3.05) is 19.0 Å². The third kappa shape index (κ3) is 3.17. The number of aliphatic hydroxyl groups excluding tert-OH is 1. The molecule has 3 unspecified atom stereocenters. The van der Waals surface area contributed by atoms with E-state index < -0.39 is 28.7 Å². The molecule has 3 N–H and O–H groups in total. The minimum Gasteiger partial charge on any atom is -0.394 e. The minimum atomic E-state index is -0.793. The van der Waals surface area contributed by atoms with Gasteiger partial charge in [-0.3, -0.25) is 14.4 Å². The van der Waals surface area contributed by atoms with Crippen molar-refractivity contribution >= 4 is 46.8 Å². The number of amides is 3. The van der Waals surface area contributed by atoms with Crippen LogP contribution in [-0.4, -0.2) is 63.5 Å². The third-order valence-corrected chi connectivity index (χ3v) is 9.59. The monoisotopic (exact) mass is 465 g/mol. The number of hydrogen-bond donors (Lipinski definition) is 3. The molecule has 0 radical (unpaired) electrons. The number of para-hydroxylation sites is 1. The van der Waals surface area contributed by atoms with E-state index >= 15 is 0 Å². The van der Waals surface area contributed by atoms with Gasteiger partial charge in [0.05, 0.1) is 39.9 Å². The number of anilines is 1. The van der Waals surface area contributed by atoms with Crippen LogP contribution >= 0.6 is 23.4 Å². The topological polar surface area (TPSA) is 98.7 Å². The first-order valence-corrected chi connectivity index (χ1v) is 11.9. The standard InChI is InChI=1S/C22H28ClN3O4S/c1-4-12(10-27)26-18(20(29)25-14-8-6-5-7-13(14)23)22-11(2)9-15(31-22)16(19(28)24-3)17(22)21(26)30/h5-8,11-12,15-18,27H,4,9-10H2,1-3H3,(H,24,28)(H,25,29)/t11?,12-,15+,16-,17-,18?,22?/m0/s1. The number of carbonyl (C=O) groups excluding carboxylic acids is 3. The molecule has 168 valence electrons. The van der Waals surface area contributed by atoms with Crippen LogP contribution in [0, 0.1) is 17.8 Å². The number of aliphatic hydroxyl groups is 1. The van der Waals surface area contributed by atoms with Gasteiger partial charge in [0.2, 0.25) is 17.7 Å². The van der Waals surface area contributed by atoms with E-state index in [9.17, 15) is 19.5 Å². The summed E-state index contributed by atoms with van der Waals surface area (Å²) in [6, 6.07) is 5.68. The van der Waals surface area contributed by atoms with Crippen LogP contribution in [0.5, 0.6) is 0 Å². The highest BCUT2D eigenvalue weighted by molar-refractivity contribution is 8.02. The molecule has 3 fully saturated rings. The van der Waals surface area contributed by atoms with Gasteiger partial charge in [0, 0.05) is 12.3 Å². The summed E-state index contributed by atoms with van der Waals surface area (Å²) in [6.07, 6.45) is 1.28. The van der Waals surface area contributed by atoms with Gasteiger partial charge in [0.25, 0.3) is 0 Å². The lowest BCUT2D eigenvalue weighted by Gasteiger charge is -2.40. The largest absolute Gasteiger partial charge is 0.394 e. The van der Waals surface area contributed by atoms with Gasteiger partial charge in [-0.1, -0.05) is 37.6 Å².